The number of carboxylic acids is 1. The maximum Gasteiger partial charge on any atom is 0.350 e. The summed E-state index contributed by atoms with van der Waals surface area (Å²) in [7, 11) is 0. The molecule has 0 atom stereocenters. The van der Waals surface area contributed by atoms with E-state index >= 15 is 0 Å². The summed E-state index contributed by atoms with van der Waals surface area (Å²) in [6.07, 6.45) is 1.64. The van der Waals surface area contributed by atoms with Crippen LogP contribution in [0.1, 0.15) is 19.8 Å². The summed E-state index contributed by atoms with van der Waals surface area (Å²) in [5, 5.41) is 12.8. The van der Waals surface area contributed by atoms with Crippen LogP contribution in [0, 0.1) is 0 Å². The Hall–Kier alpha value is -2.64. The summed E-state index contributed by atoms with van der Waals surface area (Å²) in [4.78, 5) is 36.2. The van der Waals surface area contributed by atoms with Crippen molar-refractivity contribution in [1.82, 2.24) is 19.1 Å². The molecule has 2 rings (SSSR count). The minimum Gasteiger partial charge on any atom is -0.481 e. The second-order valence-corrected chi connectivity index (χ2v) is 4.80. The maximum atomic E-state index is 12.1. The third-order valence-electron chi connectivity index (χ3n) is 3.36. The number of nitrogens with zero attached hydrogens (tertiary/aromatic N) is 4. The molecule has 118 valence electrons. The Morgan fingerprint density at radius 2 is 2.09 bits per heavy atom. The van der Waals surface area contributed by atoms with Crippen LogP contribution in [0.25, 0.3) is 5.65 Å². The lowest BCUT2D eigenvalue weighted by atomic mass is 10.3. The molecule has 0 saturated heterocycles. The normalized spacial score (nSPS) is 10.8. The lowest BCUT2D eigenvalue weighted by Gasteiger charge is -2.19. The summed E-state index contributed by atoms with van der Waals surface area (Å²) in [6.45, 7) is 2.57. The number of carbonyl (C=O) groups excluding carboxylic acids is 1. The van der Waals surface area contributed by atoms with Gasteiger partial charge in [0.15, 0.2) is 5.65 Å². The van der Waals surface area contributed by atoms with E-state index in [1.54, 1.807) is 31.3 Å². The minimum absolute atomic E-state index is 0.0894. The molecule has 1 N–H and O–H groups in total. The number of aromatic nitrogens is 3. The fourth-order valence-corrected chi connectivity index (χ4v) is 2.16. The zero-order valence-corrected chi connectivity index (χ0v) is 12.3. The molecule has 0 aliphatic heterocycles. The molecule has 0 radical (unpaired) electrons. The number of carbonyl (C=O) groups is 2. The third kappa shape index (κ3) is 3.51. The van der Waals surface area contributed by atoms with Gasteiger partial charge in [0.2, 0.25) is 5.91 Å². The molecule has 0 spiro atoms. The van der Waals surface area contributed by atoms with Crippen LogP contribution < -0.4 is 5.69 Å². The molecule has 8 nitrogen and oxygen atoms in total. The van der Waals surface area contributed by atoms with Gasteiger partial charge < -0.3 is 10.0 Å². The molecule has 0 fully saturated rings. The van der Waals surface area contributed by atoms with Crippen molar-refractivity contribution < 1.29 is 14.7 Å². The van der Waals surface area contributed by atoms with Gasteiger partial charge in [0, 0.05) is 25.7 Å². The lowest BCUT2D eigenvalue weighted by molar-refractivity contribution is -0.138. The highest BCUT2D eigenvalue weighted by Gasteiger charge is 2.14. The largest absolute Gasteiger partial charge is 0.481 e. The standard InChI is InChI=1S/C14H18N4O4/c1-2-16(9-7-13(20)21)12(19)6-10-18-14(22)17-8-4-3-5-11(17)15-18/h3-5,8H,2,6-7,9-10H2,1H3,(H,20,21). The number of amides is 1. The van der Waals surface area contributed by atoms with Crippen LogP contribution in [-0.4, -0.2) is 49.2 Å². The SMILES string of the molecule is CCN(CCC(=O)O)C(=O)CCn1nc2ccccn2c1=O. The number of aliphatic carboxylic acids is 1. The topological polar surface area (TPSA) is 96.9 Å². The fraction of sp³-hybridized carbons (Fsp3) is 0.429. The van der Waals surface area contributed by atoms with E-state index in [0.29, 0.717) is 12.2 Å². The Bertz CT molecular complexity index is 734. The van der Waals surface area contributed by atoms with E-state index in [4.69, 9.17) is 5.11 Å². The first-order valence-corrected chi connectivity index (χ1v) is 7.06. The van der Waals surface area contributed by atoms with Crippen LogP contribution in [0.3, 0.4) is 0 Å². The van der Waals surface area contributed by atoms with Crippen molar-refractivity contribution >= 4 is 17.5 Å². The Kier molecular flexibility index (Phi) is 4.92. The molecule has 0 aromatic carbocycles. The number of pyridine rings is 1. The minimum atomic E-state index is -0.942. The van der Waals surface area contributed by atoms with Crippen LogP contribution in [0.5, 0.6) is 0 Å². The number of aryl methyl sites for hydroxylation is 1. The molecule has 0 saturated carbocycles. The van der Waals surface area contributed by atoms with Crippen molar-refractivity contribution in [2.75, 3.05) is 13.1 Å². The summed E-state index contributed by atoms with van der Waals surface area (Å²) in [5.74, 6) is -1.13. The first-order valence-electron chi connectivity index (χ1n) is 7.06. The van der Waals surface area contributed by atoms with Gasteiger partial charge in [-0.2, -0.15) is 0 Å². The summed E-state index contributed by atoms with van der Waals surface area (Å²) in [5.41, 5.74) is 0.232. The van der Waals surface area contributed by atoms with E-state index < -0.39 is 5.97 Å². The molecule has 1 amide bonds. The van der Waals surface area contributed by atoms with Gasteiger partial charge in [0.25, 0.3) is 0 Å². The zero-order chi connectivity index (χ0) is 16.1. The summed E-state index contributed by atoms with van der Waals surface area (Å²) in [6, 6.07) is 5.23. The van der Waals surface area contributed by atoms with Crippen molar-refractivity contribution in [1.29, 1.82) is 0 Å². The Labute approximate surface area is 126 Å². The van der Waals surface area contributed by atoms with Crippen LogP contribution in [0.4, 0.5) is 0 Å². The lowest BCUT2D eigenvalue weighted by Crippen LogP contribution is -2.34. The third-order valence-corrected chi connectivity index (χ3v) is 3.36. The highest BCUT2D eigenvalue weighted by Crippen LogP contribution is 2.00. The second-order valence-electron chi connectivity index (χ2n) is 4.80. The molecule has 0 aliphatic rings. The number of fused-ring (bicyclic) bond motifs is 1. The first kappa shape index (κ1) is 15.7. The van der Waals surface area contributed by atoms with Gasteiger partial charge in [0.1, 0.15) is 0 Å². The molecule has 2 aromatic rings. The van der Waals surface area contributed by atoms with Crippen LogP contribution in [-0.2, 0) is 16.1 Å². The molecular formula is C14H18N4O4. The molecule has 0 unspecified atom stereocenters. The smallest absolute Gasteiger partial charge is 0.350 e. The van der Waals surface area contributed by atoms with Crippen molar-refractivity contribution in [3.63, 3.8) is 0 Å². The van der Waals surface area contributed by atoms with Crippen LogP contribution >= 0.6 is 0 Å². The van der Waals surface area contributed by atoms with Gasteiger partial charge in [-0.3, -0.25) is 14.0 Å². The van der Waals surface area contributed by atoms with Gasteiger partial charge in [-0.15, -0.1) is 5.10 Å². The zero-order valence-electron chi connectivity index (χ0n) is 12.3. The van der Waals surface area contributed by atoms with Gasteiger partial charge in [0.05, 0.1) is 13.0 Å². The molecule has 2 heterocycles. The highest BCUT2D eigenvalue weighted by molar-refractivity contribution is 5.76. The van der Waals surface area contributed by atoms with E-state index in [-0.39, 0.29) is 37.5 Å². The predicted molar refractivity (Wildman–Crippen MR) is 78.6 cm³/mol. The van der Waals surface area contributed by atoms with Crippen molar-refractivity contribution in [3.8, 4) is 0 Å². The fourth-order valence-electron chi connectivity index (χ4n) is 2.16. The molecule has 8 heteroatoms. The van der Waals surface area contributed by atoms with Gasteiger partial charge in [-0.25, -0.2) is 9.48 Å². The average molecular weight is 306 g/mol. The van der Waals surface area contributed by atoms with E-state index in [2.05, 4.69) is 5.10 Å². The van der Waals surface area contributed by atoms with Crippen LogP contribution in [0.2, 0.25) is 0 Å². The Balaban J connectivity index is 2.01. The van der Waals surface area contributed by atoms with Crippen molar-refractivity contribution in [2.45, 2.75) is 26.3 Å². The first-order chi connectivity index (χ1) is 10.5. The Morgan fingerprint density at radius 3 is 2.73 bits per heavy atom. The second kappa shape index (κ2) is 6.88. The molecule has 2 aromatic heterocycles. The Morgan fingerprint density at radius 1 is 1.32 bits per heavy atom. The van der Waals surface area contributed by atoms with Gasteiger partial charge in [-0.05, 0) is 19.1 Å². The quantitative estimate of drug-likeness (QED) is 0.788. The molecule has 0 bridgehead atoms. The van der Waals surface area contributed by atoms with Gasteiger partial charge in [-0.1, -0.05) is 6.07 Å². The molecule has 0 aliphatic carbocycles. The summed E-state index contributed by atoms with van der Waals surface area (Å²) >= 11 is 0. The number of rotatable bonds is 7. The van der Waals surface area contributed by atoms with E-state index in [1.807, 2.05) is 0 Å². The van der Waals surface area contributed by atoms with E-state index in [1.165, 1.54) is 14.0 Å². The van der Waals surface area contributed by atoms with Crippen molar-refractivity contribution in [2.24, 2.45) is 0 Å². The number of carboxylic acid groups (broad SMARTS) is 1. The van der Waals surface area contributed by atoms with Crippen LogP contribution in [0.15, 0.2) is 29.2 Å². The number of hydrogen-bond donors (Lipinski definition) is 1. The maximum absolute atomic E-state index is 12.1. The monoisotopic (exact) mass is 306 g/mol. The number of hydrogen-bond acceptors (Lipinski definition) is 4. The van der Waals surface area contributed by atoms with E-state index in [0.717, 1.165) is 0 Å². The van der Waals surface area contributed by atoms with Crippen molar-refractivity contribution in [3.05, 3.63) is 34.9 Å². The predicted octanol–water partition coefficient (Wildman–Crippen LogP) is 0.209. The average Bonchev–Trinajstić information content (AvgIpc) is 2.82. The highest BCUT2D eigenvalue weighted by atomic mass is 16.4. The summed E-state index contributed by atoms with van der Waals surface area (Å²) < 4.78 is 2.66. The molecular weight excluding hydrogens is 288 g/mol. The van der Waals surface area contributed by atoms with Gasteiger partial charge >= 0.3 is 11.7 Å². The van der Waals surface area contributed by atoms with E-state index in [9.17, 15) is 14.4 Å². The molecule has 22 heavy (non-hydrogen) atoms.